The van der Waals surface area contributed by atoms with Crippen molar-refractivity contribution in [1.82, 2.24) is 0 Å². The highest BCUT2D eigenvalue weighted by molar-refractivity contribution is 5.88. The molecule has 2 unspecified atom stereocenters. The molecule has 0 spiro atoms. The van der Waals surface area contributed by atoms with Crippen LogP contribution in [-0.4, -0.2) is 34.8 Å². The molecule has 0 amide bonds. The molecule has 0 radical (unpaired) electrons. The van der Waals surface area contributed by atoms with E-state index in [1.165, 1.54) is 0 Å². The van der Waals surface area contributed by atoms with E-state index in [0.29, 0.717) is 12.8 Å². The molecule has 19 heavy (non-hydrogen) atoms. The largest absolute Gasteiger partial charge is 0.420 e. The number of aliphatic imine (C=N–C) groups is 1. The van der Waals surface area contributed by atoms with E-state index in [9.17, 15) is 31.4 Å². The third-order valence-electron chi connectivity index (χ3n) is 3.11. The summed E-state index contributed by atoms with van der Waals surface area (Å²) in [7, 11) is 0. The SMILES string of the molecule is CCCCCC1=NC(C(F)(F)F)C(O)(C(F)(F)F)C1. The van der Waals surface area contributed by atoms with Crippen molar-refractivity contribution in [3.8, 4) is 0 Å². The van der Waals surface area contributed by atoms with Gasteiger partial charge in [-0.05, 0) is 12.8 Å². The number of nitrogens with zero attached hydrogens (tertiary/aromatic N) is 1. The molecule has 1 rings (SSSR count). The summed E-state index contributed by atoms with van der Waals surface area (Å²) < 4.78 is 75.7. The molecule has 1 heterocycles. The van der Waals surface area contributed by atoms with Crippen LogP contribution in [0.4, 0.5) is 26.3 Å². The van der Waals surface area contributed by atoms with Gasteiger partial charge in [0.25, 0.3) is 0 Å². The van der Waals surface area contributed by atoms with E-state index in [0.717, 1.165) is 6.42 Å². The van der Waals surface area contributed by atoms with E-state index in [1.807, 2.05) is 6.92 Å². The van der Waals surface area contributed by atoms with Gasteiger partial charge in [0, 0.05) is 12.1 Å². The molecule has 0 aromatic carbocycles. The third-order valence-corrected chi connectivity index (χ3v) is 3.11. The Kier molecular flexibility index (Phi) is 4.54. The summed E-state index contributed by atoms with van der Waals surface area (Å²) >= 11 is 0. The molecule has 0 saturated carbocycles. The van der Waals surface area contributed by atoms with Crippen LogP contribution in [0.25, 0.3) is 0 Å². The Bertz CT molecular complexity index is 348. The van der Waals surface area contributed by atoms with Crippen LogP contribution in [0.5, 0.6) is 0 Å². The summed E-state index contributed by atoms with van der Waals surface area (Å²) in [6.07, 6.45) is -9.66. The van der Waals surface area contributed by atoms with Crippen LogP contribution in [0, 0.1) is 0 Å². The summed E-state index contributed by atoms with van der Waals surface area (Å²) in [4.78, 5) is 3.07. The average Bonchev–Trinajstić information content (AvgIpc) is 2.56. The van der Waals surface area contributed by atoms with E-state index < -0.39 is 30.4 Å². The minimum Gasteiger partial charge on any atom is -0.378 e. The first-order chi connectivity index (χ1) is 8.52. The lowest BCUT2D eigenvalue weighted by molar-refractivity contribution is -0.296. The van der Waals surface area contributed by atoms with Gasteiger partial charge in [-0.3, -0.25) is 4.99 Å². The zero-order chi connectivity index (χ0) is 14.9. The Morgan fingerprint density at radius 1 is 1.21 bits per heavy atom. The molecule has 0 aromatic heterocycles. The number of unbranched alkanes of at least 4 members (excludes halogenated alkanes) is 2. The van der Waals surface area contributed by atoms with Crippen LogP contribution >= 0.6 is 0 Å². The van der Waals surface area contributed by atoms with Gasteiger partial charge in [-0.1, -0.05) is 19.8 Å². The topological polar surface area (TPSA) is 32.6 Å². The van der Waals surface area contributed by atoms with Crippen molar-refractivity contribution in [1.29, 1.82) is 0 Å². The van der Waals surface area contributed by atoms with Crippen LogP contribution in [-0.2, 0) is 0 Å². The Balaban J connectivity index is 2.92. The van der Waals surface area contributed by atoms with Crippen molar-refractivity contribution >= 4 is 5.71 Å². The highest BCUT2D eigenvalue weighted by Gasteiger charge is 2.68. The zero-order valence-electron chi connectivity index (χ0n) is 10.3. The van der Waals surface area contributed by atoms with Gasteiger partial charge in [-0.2, -0.15) is 26.3 Å². The fraction of sp³-hybridized carbons (Fsp3) is 0.909. The lowest BCUT2D eigenvalue weighted by Crippen LogP contribution is -2.56. The molecule has 0 saturated heterocycles. The van der Waals surface area contributed by atoms with Crippen LogP contribution in [0.15, 0.2) is 4.99 Å². The second kappa shape index (κ2) is 5.30. The fourth-order valence-corrected chi connectivity index (χ4v) is 2.07. The van der Waals surface area contributed by atoms with Gasteiger partial charge in [-0.15, -0.1) is 0 Å². The summed E-state index contributed by atoms with van der Waals surface area (Å²) in [5, 5.41) is 9.39. The van der Waals surface area contributed by atoms with E-state index in [2.05, 4.69) is 4.99 Å². The molecule has 0 aromatic rings. The van der Waals surface area contributed by atoms with Gasteiger partial charge < -0.3 is 5.11 Å². The molecular formula is C11H15F6NO. The van der Waals surface area contributed by atoms with E-state index in [4.69, 9.17) is 0 Å². The normalized spacial score (nSPS) is 28.6. The fourth-order valence-electron chi connectivity index (χ4n) is 2.07. The maximum absolute atomic E-state index is 12.7. The molecule has 8 heteroatoms. The standard InChI is InChI=1S/C11H15F6NO/c1-2-3-4-5-7-6-9(19,11(15,16)17)8(18-7)10(12,13)14/h8,19H,2-6H2,1H3. The van der Waals surface area contributed by atoms with Crippen molar-refractivity contribution in [2.75, 3.05) is 0 Å². The Labute approximate surface area is 106 Å². The molecule has 1 aliphatic rings. The predicted molar refractivity (Wildman–Crippen MR) is 57.0 cm³/mol. The summed E-state index contributed by atoms with van der Waals surface area (Å²) in [5.41, 5.74) is -4.04. The number of hydrogen-bond acceptors (Lipinski definition) is 2. The molecule has 2 atom stereocenters. The Morgan fingerprint density at radius 2 is 1.79 bits per heavy atom. The second-order valence-electron chi connectivity index (χ2n) is 4.70. The zero-order valence-corrected chi connectivity index (χ0v) is 10.3. The summed E-state index contributed by atoms with van der Waals surface area (Å²) in [6, 6.07) is -3.11. The van der Waals surface area contributed by atoms with Crippen LogP contribution in [0.2, 0.25) is 0 Å². The van der Waals surface area contributed by atoms with Gasteiger partial charge >= 0.3 is 12.4 Å². The minimum absolute atomic E-state index is 0.0544. The molecule has 0 aliphatic carbocycles. The maximum atomic E-state index is 12.7. The number of aliphatic hydroxyl groups is 1. The number of rotatable bonds is 4. The molecule has 1 aliphatic heterocycles. The third kappa shape index (κ3) is 3.40. The van der Waals surface area contributed by atoms with Crippen molar-refractivity contribution in [2.24, 2.45) is 4.99 Å². The van der Waals surface area contributed by atoms with Crippen molar-refractivity contribution in [3.05, 3.63) is 0 Å². The lowest BCUT2D eigenvalue weighted by Gasteiger charge is -2.31. The van der Waals surface area contributed by atoms with Gasteiger partial charge in [-0.25, -0.2) is 0 Å². The Morgan fingerprint density at radius 3 is 2.16 bits per heavy atom. The van der Waals surface area contributed by atoms with Gasteiger partial charge in [0.05, 0.1) is 0 Å². The van der Waals surface area contributed by atoms with Crippen molar-refractivity contribution in [3.63, 3.8) is 0 Å². The number of hydrogen-bond donors (Lipinski definition) is 1. The smallest absolute Gasteiger partial charge is 0.378 e. The van der Waals surface area contributed by atoms with E-state index in [-0.39, 0.29) is 12.1 Å². The first kappa shape index (κ1) is 16.3. The first-order valence-electron chi connectivity index (χ1n) is 5.93. The van der Waals surface area contributed by atoms with Gasteiger partial charge in [0.15, 0.2) is 11.6 Å². The van der Waals surface area contributed by atoms with Gasteiger partial charge in [0.2, 0.25) is 0 Å². The van der Waals surface area contributed by atoms with E-state index >= 15 is 0 Å². The number of alkyl halides is 6. The monoisotopic (exact) mass is 291 g/mol. The molecule has 0 fully saturated rings. The molecule has 112 valence electrons. The minimum atomic E-state index is -5.36. The van der Waals surface area contributed by atoms with Gasteiger partial charge in [0.1, 0.15) is 0 Å². The van der Waals surface area contributed by atoms with E-state index in [1.54, 1.807) is 0 Å². The maximum Gasteiger partial charge on any atom is 0.420 e. The first-order valence-corrected chi connectivity index (χ1v) is 5.93. The van der Waals surface area contributed by atoms with Crippen LogP contribution < -0.4 is 0 Å². The second-order valence-corrected chi connectivity index (χ2v) is 4.70. The molecule has 1 N–H and O–H groups in total. The Hall–Kier alpha value is -0.790. The van der Waals surface area contributed by atoms with Crippen LogP contribution in [0.3, 0.4) is 0 Å². The predicted octanol–water partition coefficient (Wildman–Crippen LogP) is 3.64. The molecular weight excluding hydrogens is 276 g/mol. The molecule has 0 bridgehead atoms. The highest BCUT2D eigenvalue weighted by atomic mass is 19.4. The van der Waals surface area contributed by atoms with Crippen LogP contribution in [0.1, 0.15) is 39.0 Å². The lowest BCUT2D eigenvalue weighted by atomic mass is 9.90. The van der Waals surface area contributed by atoms with Crippen molar-refractivity contribution in [2.45, 2.75) is 63.0 Å². The number of halogens is 6. The average molecular weight is 291 g/mol. The quantitative estimate of drug-likeness (QED) is 0.622. The summed E-state index contributed by atoms with van der Waals surface area (Å²) in [6.45, 7) is 1.86. The molecule has 2 nitrogen and oxygen atoms in total. The highest BCUT2D eigenvalue weighted by Crippen LogP contribution is 2.47. The summed E-state index contributed by atoms with van der Waals surface area (Å²) in [5.74, 6) is 0. The van der Waals surface area contributed by atoms with Crippen molar-refractivity contribution < 1.29 is 31.4 Å².